The van der Waals surface area contributed by atoms with Gasteiger partial charge in [-0.1, -0.05) is 84.5 Å². The number of benzene rings is 1. The van der Waals surface area contributed by atoms with E-state index in [-0.39, 0.29) is 5.78 Å². The van der Waals surface area contributed by atoms with Crippen molar-refractivity contribution in [3.63, 3.8) is 0 Å². The lowest BCUT2D eigenvalue weighted by molar-refractivity contribution is 0.0978. The average Bonchev–Trinajstić information content (AvgIpc) is 2.83. The minimum absolute atomic E-state index is 0.144. The first-order chi connectivity index (χ1) is 15.7. The van der Waals surface area contributed by atoms with E-state index in [2.05, 4.69) is 23.8 Å². The molecule has 0 bridgehead atoms. The van der Waals surface area contributed by atoms with Crippen LogP contribution in [-0.4, -0.2) is 22.4 Å². The molecule has 2 aromatic rings. The van der Waals surface area contributed by atoms with Crippen LogP contribution in [0, 0.1) is 0 Å². The minimum Gasteiger partial charge on any atom is -0.494 e. The normalized spacial score (nSPS) is 10.9. The number of rotatable bonds is 18. The number of aromatic nitrogens is 2. The van der Waals surface area contributed by atoms with E-state index < -0.39 is 0 Å². The lowest BCUT2D eigenvalue weighted by atomic mass is 10.0. The highest BCUT2D eigenvalue weighted by Gasteiger charge is 2.08. The Morgan fingerprint density at radius 1 is 0.719 bits per heavy atom. The van der Waals surface area contributed by atoms with Crippen LogP contribution in [0.3, 0.4) is 0 Å². The van der Waals surface area contributed by atoms with Crippen molar-refractivity contribution in [3.8, 4) is 17.1 Å². The Labute approximate surface area is 195 Å². The predicted octanol–water partition coefficient (Wildman–Crippen LogP) is 8.21. The van der Waals surface area contributed by atoms with E-state index in [1.54, 1.807) is 12.4 Å². The molecular weight excluding hydrogens is 396 g/mol. The Balaban J connectivity index is 1.69. The fraction of sp³-hybridized carbons (Fsp3) is 0.607. The summed E-state index contributed by atoms with van der Waals surface area (Å²) in [6.07, 6.45) is 20.0. The maximum atomic E-state index is 12.4. The molecule has 0 unspecified atom stereocenters. The van der Waals surface area contributed by atoms with Crippen molar-refractivity contribution >= 4 is 5.78 Å². The maximum Gasteiger partial charge on any atom is 0.165 e. The number of carbonyl (C=O) groups excluding carboxylic acids is 1. The summed E-state index contributed by atoms with van der Waals surface area (Å²) >= 11 is 0. The highest BCUT2D eigenvalue weighted by Crippen LogP contribution is 2.20. The first-order valence-electron chi connectivity index (χ1n) is 12.8. The van der Waals surface area contributed by atoms with E-state index in [4.69, 9.17) is 4.74 Å². The van der Waals surface area contributed by atoms with Crippen LogP contribution in [0.4, 0.5) is 0 Å². The van der Waals surface area contributed by atoms with Gasteiger partial charge in [0.15, 0.2) is 11.6 Å². The average molecular weight is 439 g/mol. The van der Waals surface area contributed by atoms with Crippen LogP contribution >= 0.6 is 0 Å². The summed E-state index contributed by atoms with van der Waals surface area (Å²) in [6.45, 7) is 5.23. The fourth-order valence-corrected chi connectivity index (χ4v) is 3.78. The van der Waals surface area contributed by atoms with Crippen LogP contribution in [0.25, 0.3) is 11.4 Å². The molecule has 0 fully saturated rings. The molecule has 0 radical (unpaired) electrons. The molecule has 0 aliphatic carbocycles. The molecule has 176 valence electrons. The number of unbranched alkanes of at least 4 members (excludes halogenated alkanes) is 11. The molecule has 0 N–H and O–H groups in total. The van der Waals surface area contributed by atoms with Crippen molar-refractivity contribution < 1.29 is 9.53 Å². The molecule has 0 spiro atoms. The van der Waals surface area contributed by atoms with Gasteiger partial charge in [0.25, 0.3) is 0 Å². The smallest absolute Gasteiger partial charge is 0.165 e. The first-order valence-corrected chi connectivity index (χ1v) is 12.8. The van der Waals surface area contributed by atoms with Gasteiger partial charge in [-0.2, -0.15) is 0 Å². The van der Waals surface area contributed by atoms with Gasteiger partial charge in [0.2, 0.25) is 0 Å². The Kier molecular flexibility index (Phi) is 13.3. The Bertz CT molecular complexity index is 741. The number of ketones is 1. The molecule has 32 heavy (non-hydrogen) atoms. The van der Waals surface area contributed by atoms with E-state index in [1.807, 2.05) is 24.3 Å². The second kappa shape index (κ2) is 16.4. The fourth-order valence-electron chi connectivity index (χ4n) is 3.78. The lowest BCUT2D eigenvalue weighted by Crippen LogP contribution is -2.02. The van der Waals surface area contributed by atoms with Gasteiger partial charge >= 0.3 is 0 Å². The second-order valence-electron chi connectivity index (χ2n) is 8.73. The van der Waals surface area contributed by atoms with Crippen molar-refractivity contribution in [1.82, 2.24) is 9.97 Å². The van der Waals surface area contributed by atoms with Gasteiger partial charge in [0, 0.05) is 24.4 Å². The van der Waals surface area contributed by atoms with E-state index in [0.717, 1.165) is 37.2 Å². The van der Waals surface area contributed by atoms with Crippen LogP contribution in [0.15, 0.2) is 36.7 Å². The number of ether oxygens (including phenoxy) is 1. The van der Waals surface area contributed by atoms with E-state index in [0.29, 0.717) is 17.8 Å². The summed E-state index contributed by atoms with van der Waals surface area (Å²) < 4.78 is 5.82. The van der Waals surface area contributed by atoms with Gasteiger partial charge in [-0.3, -0.25) is 4.79 Å². The molecule has 0 amide bonds. The summed E-state index contributed by atoms with van der Waals surface area (Å²) in [5.74, 6) is 1.66. The first kappa shape index (κ1) is 26.0. The SMILES string of the molecule is CCCCCCCCCCC(=O)c1cnc(-c2ccc(OCCCCCCC)cc2)nc1. The topological polar surface area (TPSA) is 52.1 Å². The largest absolute Gasteiger partial charge is 0.494 e. The predicted molar refractivity (Wildman–Crippen MR) is 133 cm³/mol. The van der Waals surface area contributed by atoms with Crippen molar-refractivity contribution in [1.29, 1.82) is 0 Å². The van der Waals surface area contributed by atoms with Gasteiger partial charge in [0.05, 0.1) is 12.2 Å². The molecule has 2 rings (SSSR count). The van der Waals surface area contributed by atoms with Crippen molar-refractivity contribution in [2.45, 2.75) is 104 Å². The maximum absolute atomic E-state index is 12.4. The molecule has 1 aromatic heterocycles. The summed E-state index contributed by atoms with van der Waals surface area (Å²) in [5, 5.41) is 0. The Hall–Kier alpha value is -2.23. The highest BCUT2D eigenvalue weighted by atomic mass is 16.5. The third-order valence-corrected chi connectivity index (χ3v) is 5.86. The van der Waals surface area contributed by atoms with Crippen LogP contribution in [0.2, 0.25) is 0 Å². The van der Waals surface area contributed by atoms with Crippen molar-refractivity contribution in [3.05, 3.63) is 42.2 Å². The summed E-state index contributed by atoms with van der Waals surface area (Å²) in [6, 6.07) is 7.88. The minimum atomic E-state index is 0.144. The zero-order valence-corrected chi connectivity index (χ0v) is 20.3. The summed E-state index contributed by atoms with van der Waals surface area (Å²) in [4.78, 5) is 21.2. The molecule has 1 heterocycles. The Morgan fingerprint density at radius 2 is 1.25 bits per heavy atom. The van der Waals surface area contributed by atoms with Gasteiger partial charge in [-0.25, -0.2) is 9.97 Å². The molecule has 1 aromatic carbocycles. The number of nitrogens with zero attached hydrogens (tertiary/aromatic N) is 2. The molecule has 0 atom stereocenters. The monoisotopic (exact) mass is 438 g/mol. The van der Waals surface area contributed by atoms with E-state index >= 15 is 0 Å². The van der Waals surface area contributed by atoms with E-state index in [1.165, 1.54) is 64.2 Å². The number of Topliss-reactive ketones (excluding diaryl/α,β-unsaturated/α-hetero) is 1. The highest BCUT2D eigenvalue weighted by molar-refractivity contribution is 5.95. The van der Waals surface area contributed by atoms with Crippen LogP contribution in [0.1, 0.15) is 114 Å². The zero-order chi connectivity index (χ0) is 22.9. The van der Waals surface area contributed by atoms with Gasteiger partial charge in [-0.05, 0) is 37.1 Å². The molecule has 0 aliphatic rings. The van der Waals surface area contributed by atoms with Crippen LogP contribution in [0.5, 0.6) is 5.75 Å². The van der Waals surface area contributed by atoms with Crippen LogP contribution in [-0.2, 0) is 0 Å². The zero-order valence-electron chi connectivity index (χ0n) is 20.3. The Morgan fingerprint density at radius 3 is 1.84 bits per heavy atom. The molecule has 0 aliphatic heterocycles. The second-order valence-corrected chi connectivity index (χ2v) is 8.73. The van der Waals surface area contributed by atoms with E-state index in [9.17, 15) is 4.79 Å². The third-order valence-electron chi connectivity index (χ3n) is 5.86. The standard InChI is InChI=1S/C28H42N2O2/c1-3-5-7-9-10-11-12-14-16-27(31)25-22-29-28(30-23-25)24-17-19-26(20-18-24)32-21-15-13-8-6-4-2/h17-20,22-23H,3-16,21H2,1-2H3. The van der Waals surface area contributed by atoms with Crippen molar-refractivity contribution in [2.24, 2.45) is 0 Å². The van der Waals surface area contributed by atoms with Gasteiger partial charge < -0.3 is 4.74 Å². The van der Waals surface area contributed by atoms with Crippen molar-refractivity contribution in [2.75, 3.05) is 6.61 Å². The quantitative estimate of drug-likeness (QED) is 0.174. The van der Waals surface area contributed by atoms with Crippen LogP contribution < -0.4 is 4.74 Å². The summed E-state index contributed by atoms with van der Waals surface area (Å²) in [5.41, 5.74) is 1.54. The van der Waals surface area contributed by atoms with Gasteiger partial charge in [0.1, 0.15) is 5.75 Å². The molecule has 4 heteroatoms. The third kappa shape index (κ3) is 10.4. The molecule has 4 nitrogen and oxygen atoms in total. The molecule has 0 saturated carbocycles. The molecule has 0 saturated heterocycles. The van der Waals surface area contributed by atoms with Gasteiger partial charge in [-0.15, -0.1) is 0 Å². The number of hydrogen-bond donors (Lipinski definition) is 0. The lowest BCUT2D eigenvalue weighted by Gasteiger charge is -2.07. The summed E-state index contributed by atoms with van der Waals surface area (Å²) in [7, 11) is 0. The number of carbonyl (C=O) groups is 1. The number of hydrogen-bond acceptors (Lipinski definition) is 4. The molecular formula is C28H42N2O2.